The van der Waals surface area contributed by atoms with Crippen molar-refractivity contribution in [2.75, 3.05) is 0 Å². The first kappa shape index (κ1) is 10.6. The topological polar surface area (TPSA) is 3.24 Å². The van der Waals surface area contributed by atoms with Gasteiger partial charge in [0.15, 0.2) is 0 Å². The Morgan fingerprint density at radius 2 is 2.18 bits per heavy atom. The van der Waals surface area contributed by atoms with E-state index in [2.05, 4.69) is 24.5 Å². The molecule has 0 N–H and O–H groups in total. The molecule has 0 atom stereocenters. The standard InChI is InChI=1S/C15H16FN/c1-3-12-9-11-5-4-6-14(16)15(11)10(2)17(12)13-7-8-13/h4-6,9,13H,2-3,7-8H2,1H3. The second-order valence-electron chi connectivity index (χ2n) is 4.74. The van der Waals surface area contributed by atoms with E-state index in [1.54, 1.807) is 6.07 Å². The molecule has 0 spiro atoms. The van der Waals surface area contributed by atoms with Crippen LogP contribution in [0.3, 0.4) is 0 Å². The molecule has 1 saturated carbocycles. The van der Waals surface area contributed by atoms with E-state index in [1.165, 1.54) is 24.6 Å². The molecular formula is C15H16FN. The highest BCUT2D eigenvalue weighted by atomic mass is 19.1. The number of hydrogen-bond donors (Lipinski definition) is 0. The second-order valence-corrected chi connectivity index (χ2v) is 4.74. The Hall–Kier alpha value is -1.57. The second kappa shape index (κ2) is 3.73. The summed E-state index contributed by atoms with van der Waals surface area (Å²) in [5.74, 6) is -0.162. The number of allylic oxidation sites excluding steroid dienone is 1. The Labute approximate surface area is 101 Å². The highest BCUT2D eigenvalue weighted by molar-refractivity contribution is 5.79. The minimum absolute atomic E-state index is 0.162. The maximum atomic E-state index is 13.9. The molecule has 0 unspecified atom stereocenters. The van der Waals surface area contributed by atoms with Crippen molar-refractivity contribution in [1.29, 1.82) is 0 Å². The normalized spacial score (nSPS) is 19.1. The van der Waals surface area contributed by atoms with Crippen LogP contribution >= 0.6 is 0 Å². The van der Waals surface area contributed by atoms with E-state index in [-0.39, 0.29) is 5.82 Å². The van der Waals surface area contributed by atoms with Gasteiger partial charge in [0.05, 0.1) is 0 Å². The fraction of sp³-hybridized carbons (Fsp3) is 0.333. The summed E-state index contributed by atoms with van der Waals surface area (Å²) in [5.41, 5.74) is 3.73. The average Bonchev–Trinajstić information content (AvgIpc) is 3.12. The summed E-state index contributed by atoms with van der Waals surface area (Å²) >= 11 is 0. The zero-order chi connectivity index (χ0) is 12.0. The summed E-state index contributed by atoms with van der Waals surface area (Å²) in [6.45, 7) is 6.24. The quantitative estimate of drug-likeness (QED) is 0.740. The summed E-state index contributed by atoms with van der Waals surface area (Å²) in [6.07, 6.45) is 5.46. The summed E-state index contributed by atoms with van der Waals surface area (Å²) in [4.78, 5) is 2.23. The molecule has 17 heavy (non-hydrogen) atoms. The summed E-state index contributed by atoms with van der Waals surface area (Å²) < 4.78 is 13.9. The number of benzene rings is 1. The largest absolute Gasteiger partial charge is 0.342 e. The summed E-state index contributed by atoms with van der Waals surface area (Å²) in [7, 11) is 0. The predicted molar refractivity (Wildman–Crippen MR) is 68.6 cm³/mol. The zero-order valence-corrected chi connectivity index (χ0v) is 10.0. The fourth-order valence-electron chi connectivity index (χ4n) is 2.57. The van der Waals surface area contributed by atoms with Gasteiger partial charge in [-0.15, -0.1) is 0 Å². The van der Waals surface area contributed by atoms with E-state index in [0.29, 0.717) is 11.6 Å². The molecule has 1 nitrogen and oxygen atoms in total. The molecule has 1 aromatic carbocycles. The number of hydrogen-bond acceptors (Lipinski definition) is 1. The third-order valence-electron chi connectivity index (χ3n) is 3.53. The first-order chi connectivity index (χ1) is 8.22. The van der Waals surface area contributed by atoms with Gasteiger partial charge < -0.3 is 4.90 Å². The van der Waals surface area contributed by atoms with Crippen LogP contribution in [0.4, 0.5) is 4.39 Å². The van der Waals surface area contributed by atoms with E-state index in [1.807, 2.05) is 6.07 Å². The van der Waals surface area contributed by atoms with E-state index in [0.717, 1.165) is 17.7 Å². The van der Waals surface area contributed by atoms with Crippen LogP contribution in [0.25, 0.3) is 11.8 Å². The van der Waals surface area contributed by atoms with Gasteiger partial charge in [-0.3, -0.25) is 0 Å². The number of nitrogens with zero attached hydrogens (tertiary/aromatic N) is 1. The summed E-state index contributed by atoms with van der Waals surface area (Å²) in [6, 6.07) is 5.78. The first-order valence-electron chi connectivity index (χ1n) is 6.20. The highest BCUT2D eigenvalue weighted by Gasteiger charge is 2.35. The number of halogens is 1. The van der Waals surface area contributed by atoms with Gasteiger partial charge in [-0.05, 0) is 37.0 Å². The summed E-state index contributed by atoms with van der Waals surface area (Å²) in [5, 5.41) is 0. The van der Waals surface area contributed by atoms with Crippen molar-refractivity contribution in [3.8, 4) is 0 Å². The van der Waals surface area contributed by atoms with Crippen LogP contribution in [0.15, 0.2) is 30.5 Å². The van der Waals surface area contributed by atoms with E-state index < -0.39 is 0 Å². The molecule has 2 heteroatoms. The predicted octanol–water partition coefficient (Wildman–Crippen LogP) is 4.03. The molecular weight excluding hydrogens is 213 g/mol. The monoisotopic (exact) mass is 229 g/mol. The van der Waals surface area contributed by atoms with Crippen LogP contribution in [-0.2, 0) is 0 Å². The third kappa shape index (κ3) is 1.59. The number of rotatable bonds is 2. The molecule has 0 saturated heterocycles. The maximum absolute atomic E-state index is 13.9. The molecule has 0 aromatic heterocycles. The van der Waals surface area contributed by atoms with Crippen molar-refractivity contribution in [2.45, 2.75) is 32.2 Å². The Bertz CT molecular complexity index is 512. The minimum Gasteiger partial charge on any atom is -0.342 e. The molecule has 2 aliphatic rings. The molecule has 1 aromatic rings. The van der Waals surface area contributed by atoms with Crippen LogP contribution in [0, 0.1) is 5.82 Å². The lowest BCUT2D eigenvalue weighted by Gasteiger charge is -2.33. The van der Waals surface area contributed by atoms with Crippen LogP contribution in [0.2, 0.25) is 0 Å². The first-order valence-corrected chi connectivity index (χ1v) is 6.20. The van der Waals surface area contributed by atoms with E-state index >= 15 is 0 Å². The van der Waals surface area contributed by atoms with Crippen molar-refractivity contribution in [1.82, 2.24) is 4.90 Å². The molecule has 1 aliphatic carbocycles. The van der Waals surface area contributed by atoms with Crippen molar-refractivity contribution in [2.24, 2.45) is 0 Å². The Kier molecular flexibility index (Phi) is 2.32. The van der Waals surface area contributed by atoms with Crippen molar-refractivity contribution < 1.29 is 4.39 Å². The van der Waals surface area contributed by atoms with Gasteiger partial charge >= 0.3 is 0 Å². The minimum atomic E-state index is -0.162. The smallest absolute Gasteiger partial charge is 0.133 e. The SMILES string of the molecule is C=C1c2c(F)cccc2C=C(CC)N1C1CC1. The Morgan fingerprint density at radius 1 is 1.41 bits per heavy atom. The molecule has 1 fully saturated rings. The molecule has 0 radical (unpaired) electrons. The van der Waals surface area contributed by atoms with E-state index in [9.17, 15) is 4.39 Å². The van der Waals surface area contributed by atoms with Crippen LogP contribution in [0.5, 0.6) is 0 Å². The third-order valence-corrected chi connectivity index (χ3v) is 3.53. The van der Waals surface area contributed by atoms with Gasteiger partial charge in [-0.1, -0.05) is 25.6 Å². The lowest BCUT2D eigenvalue weighted by Crippen LogP contribution is -2.26. The average molecular weight is 229 g/mol. The van der Waals surface area contributed by atoms with Crippen molar-refractivity contribution in [3.63, 3.8) is 0 Å². The molecule has 1 heterocycles. The van der Waals surface area contributed by atoms with Gasteiger partial charge in [0.1, 0.15) is 5.82 Å². The number of fused-ring (bicyclic) bond motifs is 1. The maximum Gasteiger partial charge on any atom is 0.133 e. The molecule has 3 rings (SSSR count). The van der Waals surface area contributed by atoms with Gasteiger partial charge in [0, 0.05) is 23.0 Å². The molecule has 0 amide bonds. The van der Waals surface area contributed by atoms with Gasteiger partial charge in [-0.2, -0.15) is 0 Å². The highest BCUT2D eigenvalue weighted by Crippen LogP contribution is 2.42. The molecule has 1 aliphatic heterocycles. The van der Waals surface area contributed by atoms with Crippen molar-refractivity contribution >= 4 is 11.8 Å². The fourth-order valence-corrected chi connectivity index (χ4v) is 2.57. The zero-order valence-electron chi connectivity index (χ0n) is 10.0. The van der Waals surface area contributed by atoms with Crippen LogP contribution < -0.4 is 0 Å². The van der Waals surface area contributed by atoms with Gasteiger partial charge in [0.25, 0.3) is 0 Å². The van der Waals surface area contributed by atoms with Gasteiger partial charge in [0.2, 0.25) is 0 Å². The molecule has 88 valence electrons. The van der Waals surface area contributed by atoms with Crippen LogP contribution in [-0.4, -0.2) is 10.9 Å². The Morgan fingerprint density at radius 3 is 2.82 bits per heavy atom. The van der Waals surface area contributed by atoms with Crippen molar-refractivity contribution in [3.05, 3.63) is 47.4 Å². The Balaban J connectivity index is 2.15. The molecule has 0 bridgehead atoms. The lowest BCUT2D eigenvalue weighted by atomic mass is 9.97. The van der Waals surface area contributed by atoms with Gasteiger partial charge in [-0.25, -0.2) is 4.39 Å². The van der Waals surface area contributed by atoms with Crippen LogP contribution in [0.1, 0.15) is 37.3 Å². The van der Waals surface area contributed by atoms with E-state index in [4.69, 9.17) is 0 Å². The lowest BCUT2D eigenvalue weighted by molar-refractivity contribution is 0.460.